The molecule has 0 aliphatic rings. The first-order valence-electron chi connectivity index (χ1n) is 5.95. The van der Waals surface area contributed by atoms with Crippen molar-refractivity contribution in [2.24, 2.45) is 0 Å². The number of aromatic nitrogens is 1. The molecule has 0 saturated carbocycles. The molecule has 0 fully saturated rings. The smallest absolute Gasteiger partial charge is 0.550 e. The van der Waals surface area contributed by atoms with Crippen molar-refractivity contribution in [3.05, 3.63) is 30.0 Å². The summed E-state index contributed by atoms with van der Waals surface area (Å²) in [5, 5.41) is 11.5. The molecule has 0 N–H and O–H groups in total. The van der Waals surface area contributed by atoms with Gasteiger partial charge in [0.05, 0.1) is 7.11 Å². The maximum Gasteiger partial charge on any atom is 1.00 e. The van der Waals surface area contributed by atoms with Crippen LogP contribution in [0.3, 0.4) is 0 Å². The number of methoxy groups -OCH3 is 1. The first-order valence-corrected chi connectivity index (χ1v) is 5.95. The molecule has 1 aromatic carbocycles. The normalized spacial score (nSPS) is 10.2. The molecule has 0 atom stereocenters. The number of ether oxygens (including phenoxy) is 1. The van der Waals surface area contributed by atoms with Gasteiger partial charge in [0, 0.05) is 29.1 Å². The summed E-state index contributed by atoms with van der Waals surface area (Å²) in [7, 11) is 1.64. The zero-order valence-corrected chi connectivity index (χ0v) is 13.6. The van der Waals surface area contributed by atoms with E-state index in [1.807, 2.05) is 25.1 Å². The molecule has 0 aliphatic carbocycles. The maximum atomic E-state index is 10.4. The molecular formula is C14H16NNaO3. The third-order valence-electron chi connectivity index (χ3n) is 3.08. The summed E-state index contributed by atoms with van der Waals surface area (Å²) in [6.07, 6.45) is 0.675. The number of nitrogens with zero attached hydrogens (tertiary/aromatic N) is 1. The fraction of sp³-hybridized carbons (Fsp3) is 0.357. The Kier molecular flexibility index (Phi) is 5.91. The molecule has 0 spiro atoms. The van der Waals surface area contributed by atoms with Crippen LogP contribution in [0.4, 0.5) is 0 Å². The number of fused-ring (bicyclic) bond motifs is 1. The molecule has 0 saturated heterocycles. The molecule has 96 valence electrons. The molecule has 1 heterocycles. The van der Waals surface area contributed by atoms with E-state index < -0.39 is 5.97 Å². The van der Waals surface area contributed by atoms with E-state index in [2.05, 4.69) is 10.6 Å². The van der Waals surface area contributed by atoms with Gasteiger partial charge in [0.2, 0.25) is 0 Å². The monoisotopic (exact) mass is 269 g/mol. The topological polar surface area (TPSA) is 54.3 Å². The standard InChI is InChI=1S/C14H17NO3.Na/c1-10-8-11-9-12(18-2)5-6-13(11)15(10)7-3-4-14(16)17;/h5-6,8-9H,3-4,7H2,1-2H3,(H,16,17);/q;+1/p-1. The minimum Gasteiger partial charge on any atom is -0.550 e. The third kappa shape index (κ3) is 3.75. The summed E-state index contributed by atoms with van der Waals surface area (Å²) in [5.74, 6) is -0.167. The summed E-state index contributed by atoms with van der Waals surface area (Å²) in [6, 6.07) is 7.98. The Hall–Kier alpha value is -0.970. The minimum absolute atomic E-state index is 0. The van der Waals surface area contributed by atoms with Crippen molar-refractivity contribution in [2.45, 2.75) is 26.3 Å². The SMILES string of the molecule is COc1ccc2c(c1)cc(C)n2CCCC(=O)[O-].[Na+]. The van der Waals surface area contributed by atoms with Crippen LogP contribution in [0, 0.1) is 6.92 Å². The van der Waals surface area contributed by atoms with Gasteiger partial charge in [0.15, 0.2) is 0 Å². The van der Waals surface area contributed by atoms with E-state index in [1.165, 1.54) is 0 Å². The fourth-order valence-electron chi connectivity index (χ4n) is 2.19. The average molecular weight is 269 g/mol. The van der Waals surface area contributed by atoms with Crippen LogP contribution in [0.25, 0.3) is 10.9 Å². The molecule has 2 rings (SSSR count). The van der Waals surface area contributed by atoms with Crippen LogP contribution in [-0.2, 0) is 11.3 Å². The predicted octanol–water partition coefficient (Wildman–Crippen LogP) is -1.51. The van der Waals surface area contributed by atoms with Gasteiger partial charge < -0.3 is 19.2 Å². The van der Waals surface area contributed by atoms with Gasteiger partial charge in [-0.15, -0.1) is 0 Å². The van der Waals surface area contributed by atoms with Gasteiger partial charge in [-0.2, -0.15) is 0 Å². The Balaban J connectivity index is 0.00000180. The van der Waals surface area contributed by atoms with E-state index in [4.69, 9.17) is 4.74 Å². The number of aryl methyl sites for hydroxylation is 2. The van der Waals surface area contributed by atoms with Gasteiger partial charge in [-0.3, -0.25) is 0 Å². The van der Waals surface area contributed by atoms with Crippen LogP contribution in [0.2, 0.25) is 0 Å². The summed E-state index contributed by atoms with van der Waals surface area (Å²) in [6.45, 7) is 2.71. The van der Waals surface area contributed by atoms with Crippen LogP contribution in [0.5, 0.6) is 5.75 Å². The quantitative estimate of drug-likeness (QED) is 0.620. The van der Waals surface area contributed by atoms with Crippen LogP contribution in [0.1, 0.15) is 18.5 Å². The Morgan fingerprint density at radius 3 is 2.74 bits per heavy atom. The van der Waals surface area contributed by atoms with Gasteiger partial charge >= 0.3 is 29.6 Å². The van der Waals surface area contributed by atoms with E-state index in [0.29, 0.717) is 13.0 Å². The first-order chi connectivity index (χ1) is 8.61. The Morgan fingerprint density at radius 2 is 2.11 bits per heavy atom. The molecule has 19 heavy (non-hydrogen) atoms. The van der Waals surface area contributed by atoms with Crippen LogP contribution in [0.15, 0.2) is 24.3 Å². The number of benzene rings is 1. The zero-order valence-electron chi connectivity index (χ0n) is 11.6. The molecular weight excluding hydrogens is 253 g/mol. The number of carboxylic acids is 1. The molecule has 0 amide bonds. The maximum absolute atomic E-state index is 10.4. The van der Waals surface area contributed by atoms with Crippen molar-refractivity contribution in [3.8, 4) is 5.75 Å². The second-order valence-electron chi connectivity index (χ2n) is 4.34. The summed E-state index contributed by atoms with van der Waals surface area (Å²) < 4.78 is 7.31. The van der Waals surface area contributed by atoms with E-state index in [-0.39, 0.29) is 36.0 Å². The summed E-state index contributed by atoms with van der Waals surface area (Å²) >= 11 is 0. The number of hydrogen-bond donors (Lipinski definition) is 0. The molecule has 0 radical (unpaired) electrons. The predicted molar refractivity (Wildman–Crippen MR) is 67.5 cm³/mol. The van der Waals surface area contributed by atoms with Crippen molar-refractivity contribution >= 4 is 16.9 Å². The molecule has 0 aliphatic heterocycles. The summed E-state index contributed by atoms with van der Waals surface area (Å²) in [4.78, 5) is 10.4. The molecule has 4 nitrogen and oxygen atoms in total. The number of carboxylic acid groups (broad SMARTS) is 1. The van der Waals surface area contributed by atoms with Crippen LogP contribution in [-0.4, -0.2) is 17.6 Å². The molecule has 2 aromatic rings. The number of rotatable bonds is 5. The number of carbonyl (C=O) groups excluding carboxylic acids is 1. The Bertz CT molecular complexity index is 577. The molecule has 0 bridgehead atoms. The van der Waals surface area contributed by atoms with E-state index in [1.54, 1.807) is 7.11 Å². The van der Waals surface area contributed by atoms with Crippen molar-refractivity contribution in [1.82, 2.24) is 4.57 Å². The molecule has 5 heteroatoms. The van der Waals surface area contributed by atoms with Crippen LogP contribution >= 0.6 is 0 Å². The van der Waals surface area contributed by atoms with Crippen molar-refractivity contribution in [2.75, 3.05) is 7.11 Å². The third-order valence-corrected chi connectivity index (χ3v) is 3.08. The largest absolute Gasteiger partial charge is 1.00 e. The van der Waals surface area contributed by atoms with Gasteiger partial charge in [0.25, 0.3) is 0 Å². The van der Waals surface area contributed by atoms with E-state index >= 15 is 0 Å². The van der Waals surface area contributed by atoms with E-state index in [9.17, 15) is 9.90 Å². The first kappa shape index (κ1) is 16.1. The summed E-state index contributed by atoms with van der Waals surface area (Å²) in [5.41, 5.74) is 2.23. The Morgan fingerprint density at radius 1 is 1.37 bits per heavy atom. The zero-order chi connectivity index (χ0) is 13.1. The Labute approximate surface area is 134 Å². The number of hydrogen-bond acceptors (Lipinski definition) is 3. The fourth-order valence-corrected chi connectivity index (χ4v) is 2.19. The number of carbonyl (C=O) groups is 1. The van der Waals surface area contributed by atoms with Gasteiger partial charge in [-0.1, -0.05) is 0 Å². The van der Waals surface area contributed by atoms with Crippen molar-refractivity contribution in [1.29, 1.82) is 0 Å². The molecule has 1 aromatic heterocycles. The second-order valence-corrected chi connectivity index (χ2v) is 4.34. The van der Waals surface area contributed by atoms with Gasteiger partial charge in [-0.25, -0.2) is 0 Å². The van der Waals surface area contributed by atoms with Crippen molar-refractivity contribution in [3.63, 3.8) is 0 Å². The second kappa shape index (κ2) is 6.98. The molecule has 0 unspecified atom stereocenters. The van der Waals surface area contributed by atoms with Crippen molar-refractivity contribution < 1.29 is 44.2 Å². The number of aliphatic carboxylic acids is 1. The minimum atomic E-state index is -0.995. The average Bonchev–Trinajstić information content (AvgIpc) is 2.64. The van der Waals surface area contributed by atoms with Gasteiger partial charge in [0.1, 0.15) is 5.75 Å². The van der Waals surface area contributed by atoms with Gasteiger partial charge in [-0.05, 0) is 44.0 Å². The van der Waals surface area contributed by atoms with E-state index in [0.717, 1.165) is 22.3 Å². The van der Waals surface area contributed by atoms with Crippen LogP contribution < -0.4 is 39.4 Å².